The van der Waals surface area contributed by atoms with Gasteiger partial charge in [-0.1, -0.05) is 0 Å². The van der Waals surface area contributed by atoms with Gasteiger partial charge in [0.25, 0.3) is 5.91 Å². The van der Waals surface area contributed by atoms with Gasteiger partial charge in [-0.05, 0) is 13.3 Å². The molecule has 1 aromatic heterocycles. The first kappa shape index (κ1) is 18.7. The molecule has 0 unspecified atom stereocenters. The number of likely N-dealkylation sites (N-methyl/N-ethyl adjacent to an activating group) is 1. The lowest BCUT2D eigenvalue weighted by Crippen LogP contribution is -2.47. The lowest BCUT2D eigenvalue weighted by molar-refractivity contribution is -0.137. The number of hydrogen-bond acceptors (Lipinski definition) is 7. The van der Waals surface area contributed by atoms with E-state index in [9.17, 15) is 14.4 Å². The number of thioether (sulfide) groups is 1. The number of nitrogens with zero attached hydrogens (tertiary/aromatic N) is 2. The lowest BCUT2D eigenvalue weighted by atomic mass is 10.2. The molecule has 0 saturated carbocycles. The van der Waals surface area contributed by atoms with E-state index < -0.39 is 11.8 Å². The predicted molar refractivity (Wildman–Crippen MR) is 94.0 cm³/mol. The third-order valence-corrected chi connectivity index (χ3v) is 5.37. The van der Waals surface area contributed by atoms with Crippen molar-refractivity contribution in [2.75, 3.05) is 32.1 Å². The highest BCUT2D eigenvalue weighted by molar-refractivity contribution is 7.98. The zero-order valence-corrected chi connectivity index (χ0v) is 15.3. The van der Waals surface area contributed by atoms with Crippen LogP contribution >= 0.6 is 23.1 Å². The van der Waals surface area contributed by atoms with Gasteiger partial charge in [0.05, 0.1) is 11.7 Å². The van der Waals surface area contributed by atoms with E-state index in [4.69, 9.17) is 5.73 Å². The van der Waals surface area contributed by atoms with E-state index in [1.807, 2.05) is 13.3 Å². The minimum absolute atomic E-state index is 0.141. The number of carbonyl (C=O) groups excluding carboxylic acids is 3. The van der Waals surface area contributed by atoms with Gasteiger partial charge in [0.1, 0.15) is 0 Å². The number of nitrogens with one attached hydrogen (secondary N) is 2. The van der Waals surface area contributed by atoms with E-state index in [1.54, 1.807) is 0 Å². The number of fused-ring (bicyclic) bond motifs is 1. The van der Waals surface area contributed by atoms with Gasteiger partial charge in [-0.15, -0.1) is 11.3 Å². The van der Waals surface area contributed by atoms with Crippen LogP contribution in [0.3, 0.4) is 0 Å². The summed E-state index contributed by atoms with van der Waals surface area (Å²) < 4.78 is 0. The second kappa shape index (κ2) is 8.45. The van der Waals surface area contributed by atoms with Gasteiger partial charge in [0.15, 0.2) is 5.01 Å². The van der Waals surface area contributed by atoms with Crippen LogP contribution in [-0.2, 0) is 22.6 Å². The topological polar surface area (TPSA) is 117 Å². The smallest absolute Gasteiger partial charge is 0.309 e. The highest BCUT2D eigenvalue weighted by atomic mass is 32.2. The minimum atomic E-state index is -1.04. The molecule has 1 atom stereocenters. The number of nitrogens with two attached hydrogens (primary N) is 1. The summed E-state index contributed by atoms with van der Waals surface area (Å²) in [6, 6.07) is -0.306. The largest absolute Gasteiger partial charge is 0.361 e. The Morgan fingerprint density at radius 2 is 2.21 bits per heavy atom. The number of carbonyl (C=O) groups is 3. The average Bonchev–Trinajstić information content (AvgIpc) is 2.95. The molecule has 3 amide bonds. The van der Waals surface area contributed by atoms with Gasteiger partial charge in [-0.2, -0.15) is 11.8 Å². The summed E-state index contributed by atoms with van der Waals surface area (Å²) in [4.78, 5) is 42.2. The van der Waals surface area contributed by atoms with Crippen molar-refractivity contribution >= 4 is 40.8 Å². The summed E-state index contributed by atoms with van der Waals surface area (Å²) in [5, 5.41) is 5.70. The van der Waals surface area contributed by atoms with Crippen molar-refractivity contribution in [3.63, 3.8) is 0 Å². The van der Waals surface area contributed by atoms with Crippen molar-refractivity contribution in [1.29, 1.82) is 0 Å². The van der Waals surface area contributed by atoms with E-state index >= 15 is 0 Å². The molecular formula is C14H21N5O3S2. The van der Waals surface area contributed by atoms with Gasteiger partial charge in [-0.3, -0.25) is 14.4 Å². The highest BCUT2D eigenvalue weighted by Crippen LogP contribution is 2.24. The van der Waals surface area contributed by atoms with Gasteiger partial charge >= 0.3 is 11.8 Å². The summed E-state index contributed by atoms with van der Waals surface area (Å²) in [7, 11) is 2.04. The van der Waals surface area contributed by atoms with Crippen molar-refractivity contribution in [3.8, 4) is 0 Å². The second-order valence-corrected chi connectivity index (χ2v) is 7.57. The van der Waals surface area contributed by atoms with Crippen LogP contribution in [0.15, 0.2) is 0 Å². The third kappa shape index (κ3) is 4.92. The van der Waals surface area contributed by atoms with Crippen molar-refractivity contribution in [3.05, 3.63) is 15.6 Å². The van der Waals surface area contributed by atoms with Crippen molar-refractivity contribution in [2.45, 2.75) is 19.0 Å². The monoisotopic (exact) mass is 371 g/mol. The number of amides is 3. The summed E-state index contributed by atoms with van der Waals surface area (Å²) in [5.41, 5.74) is 5.89. The molecule has 4 N–H and O–H groups in total. The molecule has 8 nitrogen and oxygen atoms in total. The third-order valence-electron chi connectivity index (χ3n) is 3.55. The fraction of sp³-hybridized carbons (Fsp3) is 0.571. The average molecular weight is 371 g/mol. The maximum Gasteiger partial charge on any atom is 0.309 e. The Morgan fingerprint density at radius 1 is 1.46 bits per heavy atom. The number of primary amides is 1. The molecule has 10 heteroatoms. The molecule has 0 aliphatic carbocycles. The molecule has 132 valence electrons. The molecule has 0 bridgehead atoms. The van der Waals surface area contributed by atoms with E-state index in [1.165, 1.54) is 23.1 Å². The van der Waals surface area contributed by atoms with Gasteiger partial charge < -0.3 is 21.3 Å². The molecule has 1 aromatic rings. The zero-order valence-electron chi connectivity index (χ0n) is 13.6. The van der Waals surface area contributed by atoms with Gasteiger partial charge in [0, 0.05) is 36.7 Å². The number of thiazole rings is 1. The Kier molecular flexibility index (Phi) is 6.58. The molecule has 0 radical (unpaired) electrons. The van der Waals surface area contributed by atoms with Gasteiger partial charge in [0.2, 0.25) is 0 Å². The Bertz CT molecular complexity index is 634. The lowest BCUT2D eigenvalue weighted by Gasteiger charge is -2.20. The quantitative estimate of drug-likeness (QED) is 0.563. The molecular weight excluding hydrogens is 350 g/mol. The SMILES string of the molecule is CSC[C@H](CNC(=O)C(N)=O)NC(=O)c1nc2c(s1)CN(C)CC2. The van der Waals surface area contributed by atoms with Crippen molar-refractivity contribution < 1.29 is 14.4 Å². The van der Waals surface area contributed by atoms with Crippen molar-refractivity contribution in [2.24, 2.45) is 5.73 Å². The molecule has 0 spiro atoms. The van der Waals surface area contributed by atoms with Crippen LogP contribution < -0.4 is 16.4 Å². The maximum absolute atomic E-state index is 12.4. The summed E-state index contributed by atoms with van der Waals surface area (Å²) in [6.07, 6.45) is 2.74. The normalized spacial score (nSPS) is 15.4. The fourth-order valence-corrected chi connectivity index (χ4v) is 4.02. The predicted octanol–water partition coefficient (Wildman–Crippen LogP) is -0.806. The first-order valence-electron chi connectivity index (χ1n) is 7.45. The number of hydrogen-bond donors (Lipinski definition) is 3. The molecule has 2 heterocycles. The Morgan fingerprint density at radius 3 is 2.88 bits per heavy atom. The first-order chi connectivity index (χ1) is 11.4. The Labute approximate surface area is 148 Å². The molecule has 0 fully saturated rings. The molecule has 1 aliphatic rings. The van der Waals surface area contributed by atoms with Crippen LogP contribution in [0, 0.1) is 0 Å². The Hall–Kier alpha value is -1.65. The van der Waals surface area contributed by atoms with E-state index in [2.05, 4.69) is 20.5 Å². The summed E-state index contributed by atoms with van der Waals surface area (Å²) in [6.45, 7) is 1.89. The van der Waals surface area contributed by atoms with Crippen LogP contribution in [0.2, 0.25) is 0 Å². The maximum atomic E-state index is 12.4. The van der Waals surface area contributed by atoms with Crippen LogP contribution in [0.5, 0.6) is 0 Å². The highest BCUT2D eigenvalue weighted by Gasteiger charge is 2.23. The first-order valence-corrected chi connectivity index (χ1v) is 9.66. The molecule has 2 rings (SSSR count). The van der Waals surface area contributed by atoms with Crippen LogP contribution in [0.4, 0.5) is 0 Å². The van der Waals surface area contributed by atoms with Gasteiger partial charge in [-0.25, -0.2) is 4.98 Å². The molecule has 1 aliphatic heterocycles. The summed E-state index contributed by atoms with van der Waals surface area (Å²) in [5.74, 6) is -1.56. The summed E-state index contributed by atoms with van der Waals surface area (Å²) >= 11 is 2.93. The van der Waals surface area contributed by atoms with Crippen LogP contribution in [0.1, 0.15) is 20.4 Å². The minimum Gasteiger partial charge on any atom is -0.361 e. The zero-order chi connectivity index (χ0) is 17.7. The molecule has 0 saturated heterocycles. The standard InChI is InChI=1S/C14H21N5O3S2/c1-19-4-3-9-10(6-19)24-14(18-9)13(22)17-8(7-23-2)5-16-12(21)11(15)20/h8H,3-7H2,1-2H3,(H2,15,20)(H,16,21)(H,17,22)/t8-/m0/s1. The van der Waals surface area contributed by atoms with Crippen LogP contribution in [-0.4, -0.2) is 65.8 Å². The van der Waals surface area contributed by atoms with E-state index in [-0.39, 0.29) is 18.5 Å². The molecule has 0 aromatic carbocycles. The second-order valence-electron chi connectivity index (χ2n) is 5.58. The molecule has 24 heavy (non-hydrogen) atoms. The fourth-order valence-electron chi connectivity index (χ4n) is 2.32. The number of aromatic nitrogens is 1. The number of rotatable bonds is 6. The Balaban J connectivity index is 1.97. The van der Waals surface area contributed by atoms with E-state index in [0.29, 0.717) is 10.8 Å². The van der Waals surface area contributed by atoms with Crippen LogP contribution in [0.25, 0.3) is 0 Å². The van der Waals surface area contributed by atoms with E-state index in [0.717, 1.165) is 30.1 Å². The van der Waals surface area contributed by atoms with Crippen molar-refractivity contribution in [1.82, 2.24) is 20.5 Å².